The number of fused-ring (bicyclic) bond motifs is 1. The fraction of sp³-hybridized carbons (Fsp3) is 0.889. The average Bonchev–Trinajstić information content (AvgIpc) is 3.20. The van der Waals surface area contributed by atoms with Crippen molar-refractivity contribution in [1.82, 2.24) is 15.5 Å². The largest absolute Gasteiger partial charge is 0.356 e. The van der Waals surface area contributed by atoms with Gasteiger partial charge in [0.1, 0.15) is 0 Å². The van der Waals surface area contributed by atoms with Crippen LogP contribution >= 0.6 is 24.0 Å². The van der Waals surface area contributed by atoms with Crippen LogP contribution in [0.1, 0.15) is 57.8 Å². The summed E-state index contributed by atoms with van der Waals surface area (Å²) in [6, 6.07) is 0.420. The Morgan fingerprint density at radius 2 is 1.62 bits per heavy atom. The van der Waals surface area contributed by atoms with Gasteiger partial charge in [0, 0.05) is 39.1 Å². The molecule has 5 nitrogen and oxygen atoms in total. The van der Waals surface area contributed by atoms with Crippen LogP contribution in [0, 0.1) is 11.8 Å². The maximum atomic E-state index is 12.0. The quantitative estimate of drug-likeness (QED) is 0.395. The van der Waals surface area contributed by atoms with Crippen molar-refractivity contribution < 1.29 is 4.79 Å². The smallest absolute Gasteiger partial charge is 0.221 e. The van der Waals surface area contributed by atoms with Crippen LogP contribution in [0.2, 0.25) is 0 Å². The lowest BCUT2D eigenvalue weighted by Gasteiger charge is -2.22. The van der Waals surface area contributed by atoms with E-state index in [1.807, 2.05) is 7.05 Å². The van der Waals surface area contributed by atoms with Gasteiger partial charge in [0.25, 0.3) is 0 Å². The molecule has 2 unspecified atom stereocenters. The number of halogens is 1. The first-order chi connectivity index (χ1) is 11.3. The number of carbonyl (C=O) groups excluding carboxylic acids is 1. The lowest BCUT2D eigenvalue weighted by molar-refractivity contribution is -0.121. The SMILES string of the molecule is CN=C(NCCC(=O)NC1CCCC1)N1CC2CCCCC2C1.I. The molecule has 0 radical (unpaired) electrons. The summed E-state index contributed by atoms with van der Waals surface area (Å²) in [6.45, 7) is 2.95. The highest BCUT2D eigenvalue weighted by atomic mass is 127. The van der Waals surface area contributed by atoms with Crippen LogP contribution in [0.5, 0.6) is 0 Å². The molecule has 1 heterocycles. The van der Waals surface area contributed by atoms with Gasteiger partial charge < -0.3 is 15.5 Å². The molecule has 0 aromatic rings. The zero-order valence-corrected chi connectivity index (χ0v) is 17.3. The van der Waals surface area contributed by atoms with E-state index in [9.17, 15) is 4.79 Å². The molecule has 3 rings (SSSR count). The monoisotopic (exact) mass is 448 g/mol. The number of nitrogens with one attached hydrogen (secondary N) is 2. The van der Waals surface area contributed by atoms with Crippen molar-refractivity contribution in [3.63, 3.8) is 0 Å². The van der Waals surface area contributed by atoms with E-state index in [4.69, 9.17) is 0 Å². The second-order valence-corrected chi connectivity index (χ2v) is 7.48. The van der Waals surface area contributed by atoms with Gasteiger partial charge >= 0.3 is 0 Å². The van der Waals surface area contributed by atoms with E-state index in [1.165, 1.54) is 38.5 Å². The molecule has 2 atom stereocenters. The van der Waals surface area contributed by atoms with Crippen molar-refractivity contribution >= 4 is 35.8 Å². The highest BCUT2D eigenvalue weighted by Crippen LogP contribution is 2.35. The summed E-state index contributed by atoms with van der Waals surface area (Å²) < 4.78 is 0. The fourth-order valence-corrected chi connectivity index (χ4v) is 4.57. The molecule has 1 saturated heterocycles. The van der Waals surface area contributed by atoms with Crippen LogP contribution in [-0.4, -0.2) is 49.5 Å². The van der Waals surface area contributed by atoms with E-state index in [-0.39, 0.29) is 29.9 Å². The summed E-state index contributed by atoms with van der Waals surface area (Å²) in [5.41, 5.74) is 0. The van der Waals surface area contributed by atoms with Gasteiger partial charge in [0.05, 0.1) is 0 Å². The van der Waals surface area contributed by atoms with Crippen LogP contribution < -0.4 is 10.6 Å². The fourth-order valence-electron chi connectivity index (χ4n) is 4.57. The first kappa shape index (κ1) is 19.8. The molecular weight excluding hydrogens is 415 g/mol. The predicted molar refractivity (Wildman–Crippen MR) is 109 cm³/mol. The molecule has 24 heavy (non-hydrogen) atoms. The molecular formula is C18H33IN4O. The summed E-state index contributed by atoms with van der Waals surface area (Å²) in [6.07, 6.45) is 10.9. The Balaban J connectivity index is 0.00000208. The summed E-state index contributed by atoms with van der Waals surface area (Å²) in [5.74, 6) is 2.86. The van der Waals surface area contributed by atoms with Crippen molar-refractivity contribution in [3.8, 4) is 0 Å². The zero-order chi connectivity index (χ0) is 16.1. The van der Waals surface area contributed by atoms with Crippen molar-refractivity contribution in [1.29, 1.82) is 0 Å². The second-order valence-electron chi connectivity index (χ2n) is 7.48. The normalized spacial score (nSPS) is 27.5. The van der Waals surface area contributed by atoms with Crippen LogP contribution in [0.3, 0.4) is 0 Å². The van der Waals surface area contributed by atoms with E-state index in [0.29, 0.717) is 19.0 Å². The highest BCUT2D eigenvalue weighted by Gasteiger charge is 2.35. The Bertz CT molecular complexity index is 423. The van der Waals surface area contributed by atoms with E-state index >= 15 is 0 Å². The Labute approximate surface area is 163 Å². The number of likely N-dealkylation sites (tertiary alicyclic amines) is 1. The molecule has 2 N–H and O–H groups in total. The van der Waals surface area contributed by atoms with Gasteiger partial charge in [-0.3, -0.25) is 9.79 Å². The average molecular weight is 448 g/mol. The maximum absolute atomic E-state index is 12.0. The van der Waals surface area contributed by atoms with Gasteiger partial charge in [-0.05, 0) is 37.5 Å². The predicted octanol–water partition coefficient (Wildman–Crippen LogP) is 2.75. The standard InChI is InChI=1S/C18H32N4O.HI/c1-19-18(22-12-14-6-2-3-7-15(14)13-22)20-11-10-17(23)21-16-8-4-5-9-16;/h14-16H,2-13H2,1H3,(H,19,20)(H,21,23);1H. The minimum atomic E-state index is 0. The number of guanidine groups is 1. The van der Waals surface area contributed by atoms with Crippen LogP contribution in [-0.2, 0) is 4.79 Å². The first-order valence-electron chi connectivity index (χ1n) is 9.51. The Hall–Kier alpha value is -0.530. The molecule has 0 spiro atoms. The zero-order valence-electron chi connectivity index (χ0n) is 14.9. The van der Waals surface area contributed by atoms with Crippen LogP contribution in [0.15, 0.2) is 4.99 Å². The Morgan fingerprint density at radius 3 is 2.21 bits per heavy atom. The molecule has 0 aromatic carbocycles. The maximum Gasteiger partial charge on any atom is 0.221 e. The lowest BCUT2D eigenvalue weighted by atomic mass is 9.82. The summed E-state index contributed by atoms with van der Waals surface area (Å²) >= 11 is 0. The minimum Gasteiger partial charge on any atom is -0.356 e. The molecule has 0 aromatic heterocycles. The third kappa shape index (κ3) is 5.23. The minimum absolute atomic E-state index is 0. The van der Waals surface area contributed by atoms with Gasteiger partial charge in [-0.2, -0.15) is 0 Å². The van der Waals surface area contributed by atoms with Gasteiger partial charge in [-0.1, -0.05) is 25.7 Å². The van der Waals surface area contributed by atoms with E-state index in [1.54, 1.807) is 0 Å². The number of aliphatic imine (C=N–C) groups is 1. The Kier molecular flexibility index (Phi) is 8.10. The molecule has 6 heteroatoms. The van der Waals surface area contributed by atoms with Gasteiger partial charge in [0.2, 0.25) is 5.91 Å². The molecule has 0 bridgehead atoms. The van der Waals surface area contributed by atoms with E-state index in [0.717, 1.165) is 43.7 Å². The summed E-state index contributed by atoms with van der Waals surface area (Å²) in [5, 5.41) is 6.54. The lowest BCUT2D eigenvalue weighted by Crippen LogP contribution is -2.42. The number of hydrogen-bond donors (Lipinski definition) is 2. The van der Waals surface area contributed by atoms with Gasteiger partial charge in [-0.15, -0.1) is 24.0 Å². The van der Waals surface area contributed by atoms with Crippen molar-refractivity contribution in [2.24, 2.45) is 16.8 Å². The molecule has 3 fully saturated rings. The van der Waals surface area contributed by atoms with E-state index in [2.05, 4.69) is 20.5 Å². The third-order valence-electron chi connectivity index (χ3n) is 5.84. The third-order valence-corrected chi connectivity index (χ3v) is 5.84. The second kappa shape index (κ2) is 9.82. The van der Waals surface area contributed by atoms with E-state index < -0.39 is 0 Å². The molecule has 1 amide bonds. The number of carbonyl (C=O) groups is 1. The van der Waals surface area contributed by atoms with Crippen molar-refractivity contribution in [2.75, 3.05) is 26.7 Å². The first-order valence-corrected chi connectivity index (χ1v) is 9.51. The van der Waals surface area contributed by atoms with Crippen molar-refractivity contribution in [3.05, 3.63) is 0 Å². The Morgan fingerprint density at radius 1 is 1.04 bits per heavy atom. The van der Waals surface area contributed by atoms with Crippen LogP contribution in [0.25, 0.3) is 0 Å². The molecule has 138 valence electrons. The summed E-state index contributed by atoms with van der Waals surface area (Å²) in [4.78, 5) is 18.8. The van der Waals surface area contributed by atoms with Crippen LogP contribution in [0.4, 0.5) is 0 Å². The number of nitrogens with zero attached hydrogens (tertiary/aromatic N) is 2. The van der Waals surface area contributed by atoms with Crippen molar-refractivity contribution in [2.45, 2.75) is 63.8 Å². The summed E-state index contributed by atoms with van der Waals surface area (Å²) in [7, 11) is 1.85. The van der Waals surface area contributed by atoms with Gasteiger partial charge in [-0.25, -0.2) is 0 Å². The molecule has 2 saturated carbocycles. The van der Waals surface area contributed by atoms with Gasteiger partial charge in [0.15, 0.2) is 5.96 Å². The molecule has 2 aliphatic carbocycles. The molecule has 3 aliphatic rings. The topological polar surface area (TPSA) is 56.7 Å². The molecule has 1 aliphatic heterocycles. The number of amides is 1. The number of hydrogen-bond acceptors (Lipinski definition) is 2. The highest BCUT2D eigenvalue weighted by molar-refractivity contribution is 14.0. The number of rotatable bonds is 4.